The van der Waals surface area contributed by atoms with Gasteiger partial charge in [0.2, 0.25) is 0 Å². The lowest BCUT2D eigenvalue weighted by Gasteiger charge is -2.32. The number of hydrogen-bond acceptors (Lipinski definition) is 3. The van der Waals surface area contributed by atoms with Gasteiger partial charge in [0.15, 0.2) is 0 Å². The highest BCUT2D eigenvalue weighted by molar-refractivity contribution is 5.85. The summed E-state index contributed by atoms with van der Waals surface area (Å²) in [5.41, 5.74) is 0.502. The number of nitrogens with one attached hydrogen (secondary N) is 1. The van der Waals surface area contributed by atoms with Gasteiger partial charge in [-0.25, -0.2) is 0 Å². The lowest BCUT2D eigenvalue weighted by Crippen LogP contribution is -2.40. The second kappa shape index (κ2) is 7.68. The minimum Gasteiger partial charge on any atom is -0.384 e. The van der Waals surface area contributed by atoms with Gasteiger partial charge in [-0.15, -0.1) is 12.4 Å². The zero-order valence-corrected chi connectivity index (χ0v) is 12.7. The molecule has 0 amide bonds. The van der Waals surface area contributed by atoms with Crippen LogP contribution in [0.5, 0.6) is 0 Å². The number of hydrogen-bond donors (Lipinski definition) is 1. The molecule has 108 valence electrons. The predicted molar refractivity (Wildman–Crippen MR) is 78.5 cm³/mol. The maximum atomic E-state index is 5.34. The number of rotatable bonds is 4. The van der Waals surface area contributed by atoms with Crippen LogP contribution in [0.4, 0.5) is 0 Å². The van der Waals surface area contributed by atoms with E-state index in [9.17, 15) is 0 Å². The first kappa shape index (κ1) is 16.2. The topological polar surface area (TPSA) is 24.5 Å². The molecule has 1 N–H and O–H groups in total. The van der Waals surface area contributed by atoms with E-state index in [-0.39, 0.29) is 12.4 Å². The van der Waals surface area contributed by atoms with Crippen LogP contribution in [0.3, 0.4) is 0 Å². The van der Waals surface area contributed by atoms with Gasteiger partial charge in [-0.3, -0.25) is 0 Å². The lowest BCUT2D eigenvalue weighted by molar-refractivity contribution is 0.109. The van der Waals surface area contributed by atoms with E-state index >= 15 is 0 Å². The van der Waals surface area contributed by atoms with Crippen molar-refractivity contribution < 1.29 is 4.74 Å². The van der Waals surface area contributed by atoms with E-state index in [1.165, 1.54) is 58.4 Å². The molecule has 4 heteroatoms. The van der Waals surface area contributed by atoms with Crippen LogP contribution in [0.1, 0.15) is 32.6 Å². The lowest BCUT2D eigenvalue weighted by atomic mass is 9.89. The molecule has 2 fully saturated rings. The van der Waals surface area contributed by atoms with Crippen molar-refractivity contribution in [3.05, 3.63) is 0 Å². The Labute approximate surface area is 118 Å². The molecule has 0 bridgehead atoms. The van der Waals surface area contributed by atoms with Crippen LogP contribution in [0.25, 0.3) is 0 Å². The maximum absolute atomic E-state index is 5.34. The van der Waals surface area contributed by atoms with E-state index in [1.54, 1.807) is 0 Å². The third-order valence-electron chi connectivity index (χ3n) is 4.32. The first-order chi connectivity index (χ1) is 8.22. The standard InChI is InChI=1S/C14H28N2O.ClH/c1-14(6-7-15-11-14)12-16-8-4-3-5-13(9-16)10-17-2;/h13,15H,3-12H2,1-2H3;1H. The number of methoxy groups -OCH3 is 1. The van der Waals surface area contributed by atoms with Crippen LogP contribution in [0, 0.1) is 11.3 Å². The summed E-state index contributed by atoms with van der Waals surface area (Å²) in [6, 6.07) is 0. The Hall–Kier alpha value is 0.170. The minimum absolute atomic E-state index is 0. The number of halogens is 1. The van der Waals surface area contributed by atoms with Crippen LogP contribution in [-0.2, 0) is 4.74 Å². The van der Waals surface area contributed by atoms with Crippen LogP contribution in [0.2, 0.25) is 0 Å². The van der Waals surface area contributed by atoms with Crippen molar-refractivity contribution in [1.29, 1.82) is 0 Å². The van der Waals surface area contributed by atoms with Gasteiger partial charge in [-0.2, -0.15) is 0 Å². The molecular formula is C14H29ClN2O. The Bertz CT molecular complexity index is 232. The van der Waals surface area contributed by atoms with Crippen molar-refractivity contribution in [3.8, 4) is 0 Å². The summed E-state index contributed by atoms with van der Waals surface area (Å²) in [4.78, 5) is 2.68. The first-order valence-corrected chi connectivity index (χ1v) is 7.14. The number of nitrogens with zero attached hydrogens (tertiary/aromatic N) is 1. The highest BCUT2D eigenvalue weighted by atomic mass is 35.5. The van der Waals surface area contributed by atoms with Crippen molar-refractivity contribution in [2.45, 2.75) is 32.6 Å². The van der Waals surface area contributed by atoms with Crippen molar-refractivity contribution in [2.75, 3.05) is 46.4 Å². The molecule has 2 heterocycles. The summed E-state index contributed by atoms with van der Waals surface area (Å²) in [5.74, 6) is 0.750. The molecule has 2 rings (SSSR count). The summed E-state index contributed by atoms with van der Waals surface area (Å²) in [7, 11) is 1.83. The van der Waals surface area contributed by atoms with Crippen molar-refractivity contribution in [3.63, 3.8) is 0 Å². The van der Waals surface area contributed by atoms with Crippen LogP contribution < -0.4 is 5.32 Å². The van der Waals surface area contributed by atoms with E-state index < -0.39 is 0 Å². The Morgan fingerprint density at radius 1 is 1.39 bits per heavy atom. The molecule has 2 aliphatic rings. The molecule has 0 aromatic rings. The molecular weight excluding hydrogens is 248 g/mol. The van der Waals surface area contributed by atoms with Gasteiger partial charge in [0.05, 0.1) is 6.61 Å². The normalized spacial score (nSPS) is 34.0. The molecule has 18 heavy (non-hydrogen) atoms. The average molecular weight is 277 g/mol. The first-order valence-electron chi connectivity index (χ1n) is 7.14. The minimum atomic E-state index is 0. The molecule has 2 saturated heterocycles. The second-order valence-electron chi connectivity index (χ2n) is 6.29. The smallest absolute Gasteiger partial charge is 0.0502 e. The Kier molecular flexibility index (Phi) is 6.93. The fourth-order valence-corrected chi connectivity index (χ4v) is 3.38. The van der Waals surface area contributed by atoms with E-state index in [2.05, 4.69) is 17.1 Å². The Morgan fingerprint density at radius 2 is 2.22 bits per heavy atom. The van der Waals surface area contributed by atoms with Crippen LogP contribution in [0.15, 0.2) is 0 Å². The van der Waals surface area contributed by atoms with E-state index in [4.69, 9.17) is 4.74 Å². The van der Waals surface area contributed by atoms with Crippen LogP contribution >= 0.6 is 12.4 Å². The van der Waals surface area contributed by atoms with E-state index in [0.29, 0.717) is 5.41 Å². The summed E-state index contributed by atoms with van der Waals surface area (Å²) < 4.78 is 5.34. The average Bonchev–Trinajstić information content (AvgIpc) is 2.58. The fourth-order valence-electron chi connectivity index (χ4n) is 3.38. The van der Waals surface area contributed by atoms with Crippen LogP contribution in [-0.4, -0.2) is 51.3 Å². The van der Waals surface area contributed by atoms with Gasteiger partial charge in [0.1, 0.15) is 0 Å². The number of ether oxygens (including phenoxy) is 1. The zero-order chi connectivity index (χ0) is 12.1. The summed E-state index contributed by atoms with van der Waals surface area (Å²) in [5, 5.41) is 3.50. The third kappa shape index (κ3) is 4.69. The van der Waals surface area contributed by atoms with Gasteiger partial charge >= 0.3 is 0 Å². The largest absolute Gasteiger partial charge is 0.384 e. The number of likely N-dealkylation sites (tertiary alicyclic amines) is 1. The van der Waals surface area contributed by atoms with Gasteiger partial charge in [0.25, 0.3) is 0 Å². The quantitative estimate of drug-likeness (QED) is 0.852. The molecule has 0 aromatic heterocycles. The van der Waals surface area contributed by atoms with Crippen molar-refractivity contribution in [2.24, 2.45) is 11.3 Å². The van der Waals surface area contributed by atoms with E-state index in [0.717, 1.165) is 12.5 Å². The molecule has 3 nitrogen and oxygen atoms in total. The molecule has 0 spiro atoms. The highest BCUT2D eigenvalue weighted by Gasteiger charge is 2.31. The molecule has 2 aliphatic heterocycles. The molecule has 0 radical (unpaired) electrons. The van der Waals surface area contributed by atoms with Gasteiger partial charge in [0, 0.05) is 26.7 Å². The van der Waals surface area contributed by atoms with Gasteiger partial charge < -0.3 is 15.0 Å². The van der Waals surface area contributed by atoms with Crippen molar-refractivity contribution in [1.82, 2.24) is 10.2 Å². The highest BCUT2D eigenvalue weighted by Crippen LogP contribution is 2.27. The molecule has 2 unspecified atom stereocenters. The molecule has 2 atom stereocenters. The van der Waals surface area contributed by atoms with E-state index in [1.807, 2.05) is 7.11 Å². The van der Waals surface area contributed by atoms with Crippen molar-refractivity contribution >= 4 is 12.4 Å². The Morgan fingerprint density at radius 3 is 2.89 bits per heavy atom. The SMILES string of the molecule is COCC1CCCCN(CC2(C)CCNC2)C1.Cl. The molecule has 0 aromatic carbocycles. The second-order valence-corrected chi connectivity index (χ2v) is 6.29. The third-order valence-corrected chi connectivity index (χ3v) is 4.32. The van der Waals surface area contributed by atoms with Gasteiger partial charge in [-0.1, -0.05) is 13.3 Å². The maximum Gasteiger partial charge on any atom is 0.0502 e. The molecule has 0 aliphatic carbocycles. The fraction of sp³-hybridized carbons (Fsp3) is 1.00. The Balaban J connectivity index is 0.00000162. The zero-order valence-electron chi connectivity index (χ0n) is 11.9. The van der Waals surface area contributed by atoms with Gasteiger partial charge in [-0.05, 0) is 43.7 Å². The summed E-state index contributed by atoms with van der Waals surface area (Å²) in [6.45, 7) is 9.55. The summed E-state index contributed by atoms with van der Waals surface area (Å²) >= 11 is 0. The predicted octanol–water partition coefficient (Wildman–Crippen LogP) is 2.16. The monoisotopic (exact) mass is 276 g/mol. The molecule has 0 saturated carbocycles. The summed E-state index contributed by atoms with van der Waals surface area (Å²) in [6.07, 6.45) is 5.42.